The summed E-state index contributed by atoms with van der Waals surface area (Å²) in [6.45, 7) is 1.13. The van der Waals surface area contributed by atoms with Crippen LogP contribution in [0.4, 0.5) is 10.5 Å². The number of piperidine rings is 1. The SMILES string of the molecule is Nc1ccc(C(=O)N2CCC(NC(=O)O)CC2)cc1. The molecular weight excluding hydrogens is 246 g/mol. The Kier molecular flexibility index (Phi) is 3.89. The summed E-state index contributed by atoms with van der Waals surface area (Å²) >= 11 is 0. The first-order valence-electron chi connectivity index (χ1n) is 6.20. The molecule has 0 spiro atoms. The van der Waals surface area contributed by atoms with E-state index in [1.54, 1.807) is 29.2 Å². The molecule has 0 bridgehead atoms. The third-order valence-corrected chi connectivity index (χ3v) is 3.27. The van der Waals surface area contributed by atoms with Crippen molar-refractivity contribution in [2.24, 2.45) is 0 Å². The average Bonchev–Trinajstić information content (AvgIpc) is 2.39. The third-order valence-electron chi connectivity index (χ3n) is 3.27. The van der Waals surface area contributed by atoms with E-state index in [4.69, 9.17) is 10.8 Å². The second kappa shape index (κ2) is 5.60. The molecule has 0 aromatic heterocycles. The molecule has 4 N–H and O–H groups in total. The molecule has 6 heteroatoms. The molecule has 1 aromatic rings. The van der Waals surface area contributed by atoms with E-state index in [1.807, 2.05) is 0 Å². The third kappa shape index (κ3) is 3.37. The Labute approximate surface area is 111 Å². The highest BCUT2D eigenvalue weighted by Crippen LogP contribution is 2.15. The minimum Gasteiger partial charge on any atom is -0.465 e. The highest BCUT2D eigenvalue weighted by Gasteiger charge is 2.24. The number of nitrogens with two attached hydrogens (primary N) is 1. The number of benzene rings is 1. The fourth-order valence-electron chi connectivity index (χ4n) is 2.21. The van der Waals surface area contributed by atoms with E-state index >= 15 is 0 Å². The largest absolute Gasteiger partial charge is 0.465 e. The normalized spacial score (nSPS) is 16.1. The van der Waals surface area contributed by atoms with E-state index in [0.717, 1.165) is 0 Å². The van der Waals surface area contributed by atoms with Crippen molar-refractivity contribution in [2.75, 3.05) is 18.8 Å². The smallest absolute Gasteiger partial charge is 0.404 e. The van der Waals surface area contributed by atoms with Crippen molar-refractivity contribution in [2.45, 2.75) is 18.9 Å². The predicted molar refractivity (Wildman–Crippen MR) is 70.9 cm³/mol. The molecule has 0 atom stereocenters. The van der Waals surface area contributed by atoms with Gasteiger partial charge in [-0.05, 0) is 37.1 Å². The molecule has 1 heterocycles. The van der Waals surface area contributed by atoms with Gasteiger partial charge in [-0.1, -0.05) is 0 Å². The van der Waals surface area contributed by atoms with Gasteiger partial charge in [0.1, 0.15) is 0 Å². The Bertz CT molecular complexity index is 465. The summed E-state index contributed by atoms with van der Waals surface area (Å²) < 4.78 is 0. The van der Waals surface area contributed by atoms with Gasteiger partial charge in [0.2, 0.25) is 0 Å². The monoisotopic (exact) mass is 263 g/mol. The van der Waals surface area contributed by atoms with Crippen molar-refractivity contribution in [3.8, 4) is 0 Å². The number of hydrogen-bond donors (Lipinski definition) is 3. The molecule has 1 fully saturated rings. The summed E-state index contributed by atoms with van der Waals surface area (Å²) in [5.41, 5.74) is 6.82. The van der Waals surface area contributed by atoms with E-state index in [1.165, 1.54) is 0 Å². The van der Waals surface area contributed by atoms with E-state index in [-0.39, 0.29) is 11.9 Å². The molecule has 19 heavy (non-hydrogen) atoms. The first kappa shape index (κ1) is 13.2. The molecule has 0 saturated carbocycles. The zero-order chi connectivity index (χ0) is 13.8. The van der Waals surface area contributed by atoms with E-state index in [0.29, 0.717) is 37.2 Å². The van der Waals surface area contributed by atoms with Crippen LogP contribution in [0.2, 0.25) is 0 Å². The number of amides is 2. The molecule has 2 rings (SSSR count). The Hall–Kier alpha value is -2.24. The zero-order valence-electron chi connectivity index (χ0n) is 10.5. The highest BCUT2D eigenvalue weighted by atomic mass is 16.4. The number of nitrogens with one attached hydrogen (secondary N) is 1. The second-order valence-electron chi connectivity index (χ2n) is 4.64. The lowest BCUT2D eigenvalue weighted by Gasteiger charge is -2.31. The minimum atomic E-state index is -1.01. The van der Waals surface area contributed by atoms with Gasteiger partial charge in [-0.25, -0.2) is 4.79 Å². The zero-order valence-corrected chi connectivity index (χ0v) is 10.5. The molecule has 0 aliphatic carbocycles. The van der Waals surface area contributed by atoms with Crippen molar-refractivity contribution in [3.05, 3.63) is 29.8 Å². The number of hydrogen-bond acceptors (Lipinski definition) is 3. The van der Waals surface area contributed by atoms with Crippen LogP contribution < -0.4 is 11.1 Å². The molecule has 1 aliphatic heterocycles. The van der Waals surface area contributed by atoms with Crippen LogP contribution in [-0.2, 0) is 0 Å². The maximum absolute atomic E-state index is 12.2. The number of carbonyl (C=O) groups is 2. The van der Waals surface area contributed by atoms with Crippen LogP contribution in [0.3, 0.4) is 0 Å². The Morgan fingerprint density at radius 3 is 2.32 bits per heavy atom. The van der Waals surface area contributed by atoms with Gasteiger partial charge < -0.3 is 21.1 Å². The molecule has 1 aromatic carbocycles. The molecule has 1 saturated heterocycles. The topological polar surface area (TPSA) is 95.7 Å². The Balaban J connectivity index is 1.92. The number of carboxylic acid groups (broad SMARTS) is 1. The fraction of sp³-hybridized carbons (Fsp3) is 0.385. The minimum absolute atomic E-state index is 0.0335. The van der Waals surface area contributed by atoms with E-state index in [9.17, 15) is 9.59 Å². The molecule has 1 aliphatic rings. The Morgan fingerprint density at radius 1 is 1.21 bits per heavy atom. The van der Waals surface area contributed by atoms with Crippen molar-refractivity contribution < 1.29 is 14.7 Å². The van der Waals surface area contributed by atoms with Crippen LogP contribution in [-0.4, -0.2) is 41.1 Å². The van der Waals surface area contributed by atoms with Gasteiger partial charge in [-0.15, -0.1) is 0 Å². The van der Waals surface area contributed by atoms with Crippen molar-refractivity contribution in [1.82, 2.24) is 10.2 Å². The molecule has 0 unspecified atom stereocenters. The van der Waals surface area contributed by atoms with Crippen LogP contribution in [0.5, 0.6) is 0 Å². The standard InChI is InChI=1S/C13H17N3O3/c14-10-3-1-9(2-4-10)12(17)16-7-5-11(6-8-16)15-13(18)19/h1-4,11,15H,5-8,14H2,(H,18,19). The highest BCUT2D eigenvalue weighted by molar-refractivity contribution is 5.94. The molecule has 2 amide bonds. The average molecular weight is 263 g/mol. The maximum Gasteiger partial charge on any atom is 0.404 e. The summed E-state index contributed by atoms with van der Waals surface area (Å²) in [5, 5.41) is 11.1. The second-order valence-corrected chi connectivity index (χ2v) is 4.64. The van der Waals surface area contributed by atoms with Gasteiger partial charge in [-0.3, -0.25) is 4.79 Å². The van der Waals surface area contributed by atoms with Crippen LogP contribution >= 0.6 is 0 Å². The maximum atomic E-state index is 12.2. The molecule has 0 radical (unpaired) electrons. The fourth-order valence-corrected chi connectivity index (χ4v) is 2.21. The van der Waals surface area contributed by atoms with Gasteiger partial charge in [0, 0.05) is 30.4 Å². The quantitative estimate of drug-likeness (QED) is 0.697. The molecule has 6 nitrogen and oxygen atoms in total. The number of nitrogens with zero attached hydrogens (tertiary/aromatic N) is 1. The van der Waals surface area contributed by atoms with Crippen LogP contribution in [0.1, 0.15) is 23.2 Å². The number of anilines is 1. The number of rotatable bonds is 2. The molecular formula is C13H17N3O3. The Morgan fingerprint density at radius 2 is 1.79 bits per heavy atom. The predicted octanol–water partition coefficient (Wildman–Crippen LogP) is 1.14. The lowest BCUT2D eigenvalue weighted by atomic mass is 10.0. The lowest BCUT2D eigenvalue weighted by molar-refractivity contribution is 0.0706. The van der Waals surface area contributed by atoms with Gasteiger partial charge in [-0.2, -0.15) is 0 Å². The number of nitrogen functional groups attached to an aromatic ring is 1. The summed E-state index contributed by atoms with van der Waals surface area (Å²) in [5.74, 6) is -0.0335. The van der Waals surface area contributed by atoms with Crippen molar-refractivity contribution in [1.29, 1.82) is 0 Å². The first-order chi connectivity index (χ1) is 9.06. The van der Waals surface area contributed by atoms with Crippen molar-refractivity contribution in [3.63, 3.8) is 0 Å². The van der Waals surface area contributed by atoms with Gasteiger partial charge in [0.05, 0.1) is 0 Å². The number of carbonyl (C=O) groups excluding carboxylic acids is 1. The number of likely N-dealkylation sites (tertiary alicyclic amines) is 1. The summed E-state index contributed by atoms with van der Waals surface area (Å²) in [6.07, 6.45) is 0.281. The molecule has 102 valence electrons. The summed E-state index contributed by atoms with van der Waals surface area (Å²) in [7, 11) is 0. The summed E-state index contributed by atoms with van der Waals surface area (Å²) in [6, 6.07) is 6.75. The van der Waals surface area contributed by atoms with Crippen LogP contribution in [0.25, 0.3) is 0 Å². The van der Waals surface area contributed by atoms with Crippen LogP contribution in [0.15, 0.2) is 24.3 Å². The summed E-state index contributed by atoms with van der Waals surface area (Å²) in [4.78, 5) is 24.5. The first-order valence-corrected chi connectivity index (χ1v) is 6.20. The van der Waals surface area contributed by atoms with Gasteiger partial charge >= 0.3 is 6.09 Å². The van der Waals surface area contributed by atoms with Crippen LogP contribution in [0, 0.1) is 0 Å². The van der Waals surface area contributed by atoms with Gasteiger partial charge in [0.15, 0.2) is 0 Å². The lowest BCUT2D eigenvalue weighted by Crippen LogP contribution is -2.46. The van der Waals surface area contributed by atoms with Gasteiger partial charge in [0.25, 0.3) is 5.91 Å². The van der Waals surface area contributed by atoms with Crippen molar-refractivity contribution >= 4 is 17.7 Å². The van der Waals surface area contributed by atoms with E-state index in [2.05, 4.69) is 5.32 Å². The van der Waals surface area contributed by atoms with E-state index < -0.39 is 6.09 Å².